The van der Waals surface area contributed by atoms with Gasteiger partial charge in [0.15, 0.2) is 0 Å². The number of ether oxygens (including phenoxy) is 2. The topological polar surface area (TPSA) is 106 Å². The zero-order valence-corrected chi connectivity index (χ0v) is 21.7. The highest BCUT2D eigenvalue weighted by Crippen LogP contribution is 2.42. The normalized spacial score (nSPS) is 17.4. The number of nitrogens with zero attached hydrogens (tertiary/aromatic N) is 4. The van der Waals surface area contributed by atoms with Crippen LogP contribution < -0.4 is 15.8 Å². The third-order valence-electron chi connectivity index (χ3n) is 6.02. The number of amides is 2. The fourth-order valence-corrected chi connectivity index (χ4v) is 4.69. The molecule has 3 heterocycles. The van der Waals surface area contributed by atoms with Crippen LogP contribution in [0.15, 0.2) is 12.1 Å². The number of carbonyl (C=O) groups excluding carboxylic acids is 1. The van der Waals surface area contributed by atoms with Crippen molar-refractivity contribution in [3.8, 4) is 17.0 Å². The van der Waals surface area contributed by atoms with E-state index < -0.39 is 0 Å². The molecule has 190 valence electrons. The van der Waals surface area contributed by atoms with Crippen molar-refractivity contribution >= 4 is 35.2 Å². The SMILES string of the molecule is CC.Nc1nc2c(c(-c3c(Cl)cc(Cl)cc3OCCN3CCOCC3)n1)CN(C(=O)NC1CC1)C2. The lowest BCUT2D eigenvalue weighted by molar-refractivity contribution is 0.0323. The summed E-state index contributed by atoms with van der Waals surface area (Å²) in [5, 5.41) is 3.89. The molecule has 0 unspecified atom stereocenters. The largest absolute Gasteiger partial charge is 0.491 e. The van der Waals surface area contributed by atoms with Gasteiger partial charge in [0.2, 0.25) is 5.95 Å². The van der Waals surface area contributed by atoms with Crippen LogP contribution >= 0.6 is 23.2 Å². The number of nitrogen functional groups attached to an aromatic ring is 1. The van der Waals surface area contributed by atoms with Gasteiger partial charge in [0.1, 0.15) is 12.4 Å². The maximum Gasteiger partial charge on any atom is 0.318 e. The molecule has 5 rings (SSSR count). The number of halogens is 2. The van der Waals surface area contributed by atoms with Gasteiger partial charge in [-0.2, -0.15) is 0 Å². The van der Waals surface area contributed by atoms with Crippen LogP contribution in [0, 0.1) is 0 Å². The van der Waals surface area contributed by atoms with Crippen LogP contribution in [0.5, 0.6) is 5.75 Å². The molecule has 3 N–H and O–H groups in total. The molecule has 1 aliphatic carbocycles. The first-order chi connectivity index (χ1) is 17.0. The van der Waals surface area contributed by atoms with Gasteiger partial charge in [0.25, 0.3) is 0 Å². The first-order valence-corrected chi connectivity index (χ1v) is 12.9. The summed E-state index contributed by atoms with van der Waals surface area (Å²) in [4.78, 5) is 25.5. The van der Waals surface area contributed by atoms with Gasteiger partial charge >= 0.3 is 6.03 Å². The van der Waals surface area contributed by atoms with E-state index in [1.54, 1.807) is 17.0 Å². The van der Waals surface area contributed by atoms with Crippen molar-refractivity contribution in [2.45, 2.75) is 45.8 Å². The molecular formula is C24H32Cl2N6O3. The fourth-order valence-electron chi connectivity index (χ4n) is 4.12. The van der Waals surface area contributed by atoms with E-state index >= 15 is 0 Å². The van der Waals surface area contributed by atoms with Gasteiger partial charge in [-0.1, -0.05) is 37.0 Å². The number of hydrogen-bond acceptors (Lipinski definition) is 7. The Hall–Kier alpha value is -2.33. The Balaban J connectivity index is 0.00000141. The minimum absolute atomic E-state index is 0.107. The summed E-state index contributed by atoms with van der Waals surface area (Å²) < 4.78 is 11.5. The molecule has 0 spiro atoms. The third-order valence-corrected chi connectivity index (χ3v) is 6.53. The average molecular weight is 523 g/mol. The Kier molecular flexibility index (Phi) is 8.54. The Morgan fingerprint density at radius 2 is 1.94 bits per heavy atom. The molecule has 1 saturated carbocycles. The first kappa shape index (κ1) is 25.8. The lowest BCUT2D eigenvalue weighted by atomic mass is 10.0. The zero-order chi connectivity index (χ0) is 24.9. The van der Waals surface area contributed by atoms with Crippen molar-refractivity contribution in [2.24, 2.45) is 0 Å². The number of anilines is 1. The van der Waals surface area contributed by atoms with Crippen LogP contribution in [0.2, 0.25) is 10.0 Å². The van der Waals surface area contributed by atoms with Gasteiger partial charge in [-0.05, 0) is 25.0 Å². The van der Waals surface area contributed by atoms with Gasteiger partial charge in [-0.15, -0.1) is 0 Å². The second kappa shape index (κ2) is 11.6. The monoisotopic (exact) mass is 522 g/mol. The third kappa shape index (κ3) is 6.27. The molecule has 2 aliphatic heterocycles. The van der Waals surface area contributed by atoms with Gasteiger partial charge in [0, 0.05) is 36.3 Å². The van der Waals surface area contributed by atoms with Crippen molar-refractivity contribution in [2.75, 3.05) is 45.2 Å². The molecule has 35 heavy (non-hydrogen) atoms. The van der Waals surface area contributed by atoms with E-state index in [0.29, 0.717) is 52.4 Å². The standard InChI is InChI=1S/C22H26Cl2N6O3.C2H6/c23-13-9-16(24)19(18(10-13)33-8-5-29-3-6-32-7-4-29)20-15-11-30(22(31)26-14-1-2-14)12-17(15)27-21(25)28-20;1-2/h9-10,14H,1-8,11-12H2,(H,26,31)(H2,25,27,28);1-2H3. The molecular weight excluding hydrogens is 491 g/mol. The highest BCUT2D eigenvalue weighted by molar-refractivity contribution is 6.37. The number of rotatable bonds is 6. The highest BCUT2D eigenvalue weighted by atomic mass is 35.5. The maximum atomic E-state index is 12.6. The summed E-state index contributed by atoms with van der Waals surface area (Å²) in [5.41, 5.74) is 8.75. The summed E-state index contributed by atoms with van der Waals surface area (Å²) in [6.45, 7) is 9.16. The predicted molar refractivity (Wildman–Crippen MR) is 137 cm³/mol. The molecule has 0 radical (unpaired) electrons. The number of nitrogens with two attached hydrogens (primary N) is 1. The number of urea groups is 1. The smallest absolute Gasteiger partial charge is 0.318 e. The van der Waals surface area contributed by atoms with Crippen LogP contribution in [0.3, 0.4) is 0 Å². The summed E-state index contributed by atoms with van der Waals surface area (Å²) >= 11 is 12.9. The van der Waals surface area contributed by atoms with Crippen LogP contribution in [0.1, 0.15) is 37.9 Å². The van der Waals surface area contributed by atoms with Crippen LogP contribution in [-0.4, -0.2) is 71.3 Å². The minimum atomic E-state index is -0.107. The van der Waals surface area contributed by atoms with Crippen LogP contribution in [-0.2, 0) is 17.8 Å². The second-order valence-electron chi connectivity index (χ2n) is 8.50. The van der Waals surface area contributed by atoms with Crippen molar-refractivity contribution in [1.29, 1.82) is 0 Å². The maximum absolute atomic E-state index is 12.6. The van der Waals surface area contributed by atoms with Crippen molar-refractivity contribution in [1.82, 2.24) is 25.1 Å². The van der Waals surface area contributed by atoms with E-state index in [1.807, 2.05) is 13.8 Å². The molecule has 9 nitrogen and oxygen atoms in total. The number of fused-ring (bicyclic) bond motifs is 1. The first-order valence-electron chi connectivity index (χ1n) is 12.1. The molecule has 2 fully saturated rings. The van der Waals surface area contributed by atoms with Crippen molar-refractivity contribution in [3.05, 3.63) is 33.4 Å². The van der Waals surface area contributed by atoms with Crippen LogP contribution in [0.25, 0.3) is 11.3 Å². The number of morpholine rings is 1. The quantitative estimate of drug-likeness (QED) is 0.591. The molecule has 0 atom stereocenters. The Morgan fingerprint density at radius 1 is 1.20 bits per heavy atom. The minimum Gasteiger partial charge on any atom is -0.491 e. The predicted octanol–water partition coefficient (Wildman–Crippen LogP) is 3.96. The summed E-state index contributed by atoms with van der Waals surface area (Å²) in [6, 6.07) is 3.56. The van der Waals surface area contributed by atoms with E-state index in [1.165, 1.54) is 0 Å². The number of benzene rings is 1. The second-order valence-corrected chi connectivity index (χ2v) is 9.34. The Morgan fingerprint density at radius 3 is 2.66 bits per heavy atom. The molecule has 11 heteroatoms. The average Bonchev–Trinajstić information content (AvgIpc) is 3.55. The number of carbonyl (C=O) groups is 1. The van der Waals surface area contributed by atoms with E-state index in [-0.39, 0.29) is 18.0 Å². The summed E-state index contributed by atoms with van der Waals surface area (Å²) in [7, 11) is 0. The molecule has 0 bridgehead atoms. The van der Waals surface area contributed by atoms with Crippen LogP contribution in [0.4, 0.5) is 10.7 Å². The van der Waals surface area contributed by atoms with Crippen molar-refractivity contribution in [3.63, 3.8) is 0 Å². The zero-order valence-electron chi connectivity index (χ0n) is 20.1. The summed E-state index contributed by atoms with van der Waals surface area (Å²) in [5.74, 6) is 0.653. The highest BCUT2D eigenvalue weighted by Gasteiger charge is 2.33. The molecule has 2 amide bonds. The molecule has 3 aliphatic rings. The lowest BCUT2D eigenvalue weighted by Gasteiger charge is -2.26. The van der Waals surface area contributed by atoms with E-state index in [9.17, 15) is 4.79 Å². The Bertz CT molecular complexity index is 1060. The lowest BCUT2D eigenvalue weighted by Crippen LogP contribution is -2.38. The number of aromatic nitrogens is 2. The van der Waals surface area contributed by atoms with Gasteiger partial charge in [-0.25, -0.2) is 14.8 Å². The van der Waals surface area contributed by atoms with Gasteiger partial charge in [0.05, 0.1) is 48.3 Å². The van der Waals surface area contributed by atoms with Gasteiger partial charge in [-0.3, -0.25) is 4.90 Å². The molecule has 2 aromatic rings. The molecule has 1 aromatic carbocycles. The number of hydrogen-bond donors (Lipinski definition) is 2. The van der Waals surface area contributed by atoms with E-state index in [4.69, 9.17) is 38.4 Å². The van der Waals surface area contributed by atoms with Crippen molar-refractivity contribution < 1.29 is 14.3 Å². The Labute approximate surface area is 215 Å². The summed E-state index contributed by atoms with van der Waals surface area (Å²) in [6.07, 6.45) is 2.05. The van der Waals surface area contributed by atoms with E-state index in [2.05, 4.69) is 20.2 Å². The van der Waals surface area contributed by atoms with E-state index in [0.717, 1.165) is 51.3 Å². The fraction of sp³-hybridized carbons (Fsp3) is 0.542. The molecule has 1 aromatic heterocycles. The van der Waals surface area contributed by atoms with Gasteiger partial charge < -0.3 is 25.4 Å². The number of nitrogens with one attached hydrogen (secondary N) is 1. The molecule has 1 saturated heterocycles.